The number of pyridine rings is 1. The summed E-state index contributed by atoms with van der Waals surface area (Å²) in [7, 11) is 0. The molecule has 0 atom stereocenters. The number of aromatic nitrogens is 1. The largest absolute Gasteiger partial charge is 0.326 e. The highest BCUT2D eigenvalue weighted by Crippen LogP contribution is 2.38. The zero-order valence-corrected chi connectivity index (χ0v) is 21.1. The van der Waals surface area contributed by atoms with E-state index in [-0.39, 0.29) is 12.3 Å². The summed E-state index contributed by atoms with van der Waals surface area (Å²) in [6.45, 7) is 6.32. The third-order valence-electron chi connectivity index (χ3n) is 4.92. The van der Waals surface area contributed by atoms with Gasteiger partial charge < -0.3 is 5.32 Å². The monoisotopic (exact) mass is 497 g/mol. The third-order valence-corrected chi connectivity index (χ3v) is 6.38. The van der Waals surface area contributed by atoms with Crippen molar-refractivity contribution in [1.29, 1.82) is 5.26 Å². The molecular weight excluding hydrogens is 473 g/mol. The highest BCUT2D eigenvalue weighted by molar-refractivity contribution is 7.99. The summed E-state index contributed by atoms with van der Waals surface area (Å²) in [6.07, 6.45) is 2.75. The molecule has 1 heterocycles. The number of hydrogen-bond acceptors (Lipinski definition) is 4. The number of nitriles is 1. The Morgan fingerprint density at radius 1 is 1.15 bits per heavy atom. The normalized spacial score (nSPS) is 10.8. The maximum absolute atomic E-state index is 12.5. The highest BCUT2D eigenvalue weighted by atomic mass is 35.5. The summed E-state index contributed by atoms with van der Waals surface area (Å²) in [5, 5.41) is 13.2. The molecule has 1 N–H and O–H groups in total. The van der Waals surface area contributed by atoms with Gasteiger partial charge in [-0.2, -0.15) is 5.26 Å². The number of nitrogens with one attached hydrogen (secondary N) is 1. The lowest BCUT2D eigenvalue weighted by Crippen LogP contribution is -2.15. The average molecular weight is 498 g/mol. The van der Waals surface area contributed by atoms with Crippen molar-refractivity contribution in [2.75, 3.05) is 11.1 Å². The van der Waals surface area contributed by atoms with E-state index in [2.05, 4.69) is 37.1 Å². The van der Waals surface area contributed by atoms with Crippen molar-refractivity contribution in [2.24, 2.45) is 5.92 Å². The van der Waals surface area contributed by atoms with Crippen LogP contribution in [0.25, 0.3) is 11.1 Å². The van der Waals surface area contributed by atoms with Crippen LogP contribution in [0.2, 0.25) is 10.0 Å². The highest BCUT2D eigenvalue weighted by Gasteiger charge is 2.15. The number of benzene rings is 2. The lowest BCUT2D eigenvalue weighted by atomic mass is 9.94. The summed E-state index contributed by atoms with van der Waals surface area (Å²) in [5.41, 5.74) is 4.21. The SMILES string of the molecule is CCSc1ccc(CC(=O)Nc2cc(Cl)c(-c3ccc(CC(C)C)c(C#N)c3)c(Cl)c2)nc1. The van der Waals surface area contributed by atoms with Crippen molar-refractivity contribution in [3.63, 3.8) is 0 Å². The maximum atomic E-state index is 12.5. The van der Waals surface area contributed by atoms with Crippen molar-refractivity contribution in [2.45, 2.75) is 38.5 Å². The molecule has 0 aliphatic heterocycles. The Labute approximate surface area is 209 Å². The lowest BCUT2D eigenvalue weighted by molar-refractivity contribution is -0.115. The van der Waals surface area contributed by atoms with Gasteiger partial charge in [0.25, 0.3) is 0 Å². The number of carbonyl (C=O) groups excluding carboxylic acids is 1. The van der Waals surface area contributed by atoms with E-state index in [1.165, 1.54) is 0 Å². The van der Waals surface area contributed by atoms with Crippen LogP contribution in [0.5, 0.6) is 0 Å². The molecule has 3 rings (SSSR count). The van der Waals surface area contributed by atoms with Crippen LogP contribution in [0.15, 0.2) is 53.6 Å². The van der Waals surface area contributed by atoms with Gasteiger partial charge in [0, 0.05) is 28.0 Å². The zero-order valence-electron chi connectivity index (χ0n) is 18.8. The smallest absolute Gasteiger partial charge is 0.230 e. The van der Waals surface area contributed by atoms with Crippen LogP contribution in [0, 0.1) is 17.2 Å². The fourth-order valence-electron chi connectivity index (χ4n) is 3.51. The van der Waals surface area contributed by atoms with Gasteiger partial charge in [0.1, 0.15) is 0 Å². The van der Waals surface area contributed by atoms with E-state index >= 15 is 0 Å². The molecule has 4 nitrogen and oxygen atoms in total. The number of halogens is 2. The minimum absolute atomic E-state index is 0.150. The molecule has 33 heavy (non-hydrogen) atoms. The molecule has 0 bridgehead atoms. The quantitative estimate of drug-likeness (QED) is 0.328. The van der Waals surface area contributed by atoms with E-state index < -0.39 is 0 Å². The van der Waals surface area contributed by atoms with Gasteiger partial charge in [0.05, 0.1) is 28.1 Å². The van der Waals surface area contributed by atoms with Gasteiger partial charge >= 0.3 is 0 Å². The van der Waals surface area contributed by atoms with Crippen molar-refractivity contribution in [1.82, 2.24) is 4.98 Å². The first-order valence-corrected chi connectivity index (χ1v) is 12.4. The molecule has 1 amide bonds. The summed E-state index contributed by atoms with van der Waals surface area (Å²) in [4.78, 5) is 17.9. The molecule has 0 spiro atoms. The van der Waals surface area contributed by atoms with E-state index in [9.17, 15) is 10.1 Å². The second-order valence-electron chi connectivity index (χ2n) is 8.04. The second kappa shape index (κ2) is 11.6. The predicted molar refractivity (Wildman–Crippen MR) is 138 cm³/mol. The molecule has 0 aliphatic carbocycles. The summed E-state index contributed by atoms with van der Waals surface area (Å²) >= 11 is 14.8. The van der Waals surface area contributed by atoms with E-state index in [4.69, 9.17) is 23.2 Å². The second-order valence-corrected chi connectivity index (χ2v) is 10.2. The van der Waals surface area contributed by atoms with Crippen molar-refractivity contribution in [3.8, 4) is 17.2 Å². The first kappa shape index (κ1) is 25.1. The van der Waals surface area contributed by atoms with Crippen LogP contribution in [-0.2, 0) is 17.6 Å². The summed E-state index contributed by atoms with van der Waals surface area (Å²) in [5.74, 6) is 1.21. The topological polar surface area (TPSA) is 65.8 Å². The van der Waals surface area contributed by atoms with Crippen LogP contribution < -0.4 is 5.32 Å². The minimum Gasteiger partial charge on any atom is -0.326 e. The maximum Gasteiger partial charge on any atom is 0.230 e. The van der Waals surface area contributed by atoms with E-state index in [0.717, 1.165) is 28.2 Å². The first-order valence-electron chi connectivity index (χ1n) is 10.7. The van der Waals surface area contributed by atoms with Gasteiger partial charge in [0.2, 0.25) is 5.91 Å². The predicted octanol–water partition coefficient (Wildman–Crippen LogP) is 7.42. The standard InChI is InChI=1S/C26H25Cl2N3OS/c1-4-33-22-8-7-20(30-15-22)13-25(32)31-21-11-23(27)26(24(28)12-21)18-6-5-17(9-16(2)3)19(10-18)14-29/h5-8,10-12,15-16H,4,9,13H2,1-3H3,(H,31,32). The Morgan fingerprint density at radius 2 is 1.88 bits per heavy atom. The molecule has 0 fully saturated rings. The number of nitrogens with zero attached hydrogens (tertiary/aromatic N) is 2. The Bertz CT molecular complexity index is 1160. The van der Waals surface area contributed by atoms with Gasteiger partial charge in [-0.1, -0.05) is 56.1 Å². The Morgan fingerprint density at radius 3 is 2.45 bits per heavy atom. The third kappa shape index (κ3) is 6.74. The van der Waals surface area contributed by atoms with Crippen LogP contribution in [0.4, 0.5) is 5.69 Å². The molecule has 3 aromatic rings. The van der Waals surface area contributed by atoms with Crippen LogP contribution in [-0.4, -0.2) is 16.6 Å². The van der Waals surface area contributed by atoms with Crippen molar-refractivity contribution in [3.05, 3.63) is 75.5 Å². The molecule has 0 saturated carbocycles. The van der Waals surface area contributed by atoms with Crippen LogP contribution in [0.3, 0.4) is 0 Å². The Balaban J connectivity index is 1.77. The lowest BCUT2D eigenvalue weighted by Gasteiger charge is -2.13. The Kier molecular flexibility index (Phi) is 8.80. The van der Waals surface area contributed by atoms with Gasteiger partial charge in [-0.05, 0) is 59.6 Å². The molecule has 0 unspecified atom stereocenters. The first-order chi connectivity index (χ1) is 15.8. The number of hydrogen-bond donors (Lipinski definition) is 1. The van der Waals surface area contributed by atoms with Crippen LogP contribution >= 0.6 is 35.0 Å². The van der Waals surface area contributed by atoms with Gasteiger partial charge in [-0.25, -0.2) is 0 Å². The average Bonchev–Trinajstić information content (AvgIpc) is 2.75. The molecule has 2 aromatic carbocycles. The van der Waals surface area contributed by atoms with E-state index in [1.807, 2.05) is 30.3 Å². The molecular formula is C26H25Cl2N3OS. The van der Waals surface area contributed by atoms with E-state index in [1.54, 1.807) is 30.1 Å². The Hall–Kier alpha value is -2.52. The molecule has 1 aromatic heterocycles. The molecule has 170 valence electrons. The van der Waals surface area contributed by atoms with Gasteiger partial charge in [-0.3, -0.25) is 9.78 Å². The molecule has 0 radical (unpaired) electrons. The number of thioether (sulfide) groups is 1. The molecule has 0 saturated heterocycles. The van der Waals surface area contributed by atoms with Crippen molar-refractivity contribution < 1.29 is 4.79 Å². The number of amides is 1. The van der Waals surface area contributed by atoms with Gasteiger partial charge in [0.15, 0.2) is 0 Å². The number of carbonyl (C=O) groups is 1. The van der Waals surface area contributed by atoms with Gasteiger partial charge in [-0.15, -0.1) is 11.8 Å². The fourth-order valence-corrected chi connectivity index (χ4v) is 4.84. The van der Waals surface area contributed by atoms with E-state index in [0.29, 0.717) is 38.5 Å². The van der Waals surface area contributed by atoms with Crippen LogP contribution in [0.1, 0.15) is 37.6 Å². The zero-order chi connectivity index (χ0) is 24.0. The summed E-state index contributed by atoms with van der Waals surface area (Å²) < 4.78 is 0. The number of rotatable bonds is 8. The fraction of sp³-hybridized carbons (Fsp3) is 0.269. The summed E-state index contributed by atoms with van der Waals surface area (Å²) in [6, 6.07) is 15.1. The number of anilines is 1. The molecule has 0 aliphatic rings. The molecule has 7 heteroatoms. The van der Waals surface area contributed by atoms with Crippen molar-refractivity contribution >= 4 is 46.6 Å². The minimum atomic E-state index is -0.205.